The van der Waals surface area contributed by atoms with Gasteiger partial charge in [-0.15, -0.1) is 0 Å². The molecule has 2 heterocycles. The molecule has 0 saturated carbocycles. The van der Waals surface area contributed by atoms with Gasteiger partial charge in [-0.3, -0.25) is 4.90 Å². The molecular weight excluding hydrogens is 438 g/mol. The average molecular weight is 474 g/mol. The first-order valence-electron chi connectivity index (χ1n) is 13.1. The van der Waals surface area contributed by atoms with Crippen molar-refractivity contribution in [1.29, 1.82) is 0 Å². The number of rotatable bonds is 5. The molecule has 0 spiro atoms. The van der Waals surface area contributed by atoms with Gasteiger partial charge in [-0.1, -0.05) is 96.1 Å². The quantitative estimate of drug-likeness (QED) is 0.293. The second-order valence-electron chi connectivity index (χ2n) is 10.5. The number of fused-ring (bicyclic) bond motifs is 6. The molecule has 0 radical (unpaired) electrons. The summed E-state index contributed by atoms with van der Waals surface area (Å²) in [6.45, 7) is 11.0. The van der Waals surface area contributed by atoms with Crippen LogP contribution in [0.3, 0.4) is 0 Å². The van der Waals surface area contributed by atoms with E-state index >= 15 is 0 Å². The molecule has 0 aromatic heterocycles. The van der Waals surface area contributed by atoms with E-state index in [1.807, 2.05) is 0 Å². The lowest BCUT2D eigenvalue weighted by Crippen LogP contribution is -2.64. The van der Waals surface area contributed by atoms with Gasteiger partial charge in [-0.25, -0.2) is 0 Å². The van der Waals surface area contributed by atoms with Crippen molar-refractivity contribution in [1.82, 2.24) is 4.90 Å². The molecule has 36 heavy (non-hydrogen) atoms. The average Bonchev–Trinajstić information content (AvgIpc) is 2.90. The number of benzene rings is 4. The first-order chi connectivity index (χ1) is 17.5. The largest absolute Gasteiger partial charge is 0.334 e. The van der Waals surface area contributed by atoms with E-state index in [2.05, 4.69) is 139 Å². The summed E-state index contributed by atoms with van der Waals surface area (Å²) in [6.07, 6.45) is 0.112. The SMILES string of the molecule is Cc1ccc2c(c1)CN1c3ccc(C)cc3CN2C1N([C@@H](C)c1ccccc1)[C@@H](C)c1ccccc1. The van der Waals surface area contributed by atoms with E-state index in [1.54, 1.807) is 0 Å². The standard InChI is InChI=1S/C33H35N3/c1-23-15-17-31-29(19-23)21-34-32-18-16-24(2)20-30(32)22-35(31)33(34)36(25(3)27-11-7-5-8-12-27)26(4)28-13-9-6-10-14-28/h5-20,25-26,33H,21-22H2,1-4H3/t25-,26-/m0/s1. The Bertz CT molecular complexity index is 1260. The van der Waals surface area contributed by atoms with E-state index in [4.69, 9.17) is 0 Å². The Morgan fingerprint density at radius 3 is 1.44 bits per heavy atom. The van der Waals surface area contributed by atoms with Crippen LogP contribution in [0.4, 0.5) is 11.4 Å². The molecule has 182 valence electrons. The molecule has 0 unspecified atom stereocenters. The molecule has 2 aliphatic heterocycles. The van der Waals surface area contributed by atoms with Crippen LogP contribution in [0.2, 0.25) is 0 Å². The molecule has 0 fully saturated rings. The summed E-state index contributed by atoms with van der Waals surface area (Å²) in [7, 11) is 0. The van der Waals surface area contributed by atoms with Gasteiger partial charge < -0.3 is 9.80 Å². The molecule has 4 aromatic rings. The van der Waals surface area contributed by atoms with E-state index in [9.17, 15) is 0 Å². The monoisotopic (exact) mass is 473 g/mol. The summed E-state index contributed by atoms with van der Waals surface area (Å²) in [5.41, 5.74) is 10.9. The Morgan fingerprint density at radius 1 is 0.611 bits per heavy atom. The third-order valence-corrected chi connectivity index (χ3v) is 8.05. The Morgan fingerprint density at radius 2 is 1.03 bits per heavy atom. The van der Waals surface area contributed by atoms with E-state index in [0.29, 0.717) is 0 Å². The van der Waals surface area contributed by atoms with Crippen molar-refractivity contribution in [3.63, 3.8) is 0 Å². The minimum atomic E-state index is 0.112. The maximum absolute atomic E-state index is 2.72. The molecule has 2 atom stereocenters. The highest BCUT2D eigenvalue weighted by Crippen LogP contribution is 2.46. The third-order valence-electron chi connectivity index (χ3n) is 8.05. The van der Waals surface area contributed by atoms with Crippen LogP contribution in [0.5, 0.6) is 0 Å². The fourth-order valence-corrected chi connectivity index (χ4v) is 6.22. The van der Waals surface area contributed by atoms with Crippen molar-refractivity contribution in [2.45, 2.75) is 59.2 Å². The van der Waals surface area contributed by atoms with E-state index in [0.717, 1.165) is 13.1 Å². The summed E-state index contributed by atoms with van der Waals surface area (Å²) >= 11 is 0. The molecule has 2 bridgehead atoms. The molecule has 3 heteroatoms. The van der Waals surface area contributed by atoms with Crippen LogP contribution < -0.4 is 9.80 Å². The number of hydrogen-bond acceptors (Lipinski definition) is 3. The Kier molecular flexibility index (Phi) is 5.81. The van der Waals surface area contributed by atoms with Crippen molar-refractivity contribution < 1.29 is 0 Å². The molecule has 0 N–H and O–H groups in total. The van der Waals surface area contributed by atoms with Gasteiger partial charge in [0.2, 0.25) is 0 Å². The predicted molar refractivity (Wildman–Crippen MR) is 150 cm³/mol. The summed E-state index contributed by atoms with van der Waals surface area (Å²) in [5.74, 6) is 0. The smallest absolute Gasteiger partial charge is 0.162 e. The minimum absolute atomic E-state index is 0.112. The van der Waals surface area contributed by atoms with Gasteiger partial charge in [0.05, 0.1) is 0 Å². The van der Waals surface area contributed by atoms with Crippen LogP contribution in [0.15, 0.2) is 97.1 Å². The second kappa shape index (κ2) is 9.15. The van der Waals surface area contributed by atoms with E-state index < -0.39 is 0 Å². The van der Waals surface area contributed by atoms with Crippen LogP contribution in [0.1, 0.15) is 59.3 Å². The van der Waals surface area contributed by atoms with Gasteiger partial charge in [0.1, 0.15) is 0 Å². The summed E-state index contributed by atoms with van der Waals surface area (Å²) in [4.78, 5) is 7.99. The molecule has 0 saturated heterocycles. The fraction of sp³-hybridized carbons (Fsp3) is 0.273. The lowest BCUT2D eigenvalue weighted by Gasteiger charge is -2.57. The number of nitrogens with zero attached hydrogens (tertiary/aromatic N) is 3. The topological polar surface area (TPSA) is 9.72 Å². The number of aryl methyl sites for hydroxylation is 2. The Balaban J connectivity index is 1.53. The van der Waals surface area contributed by atoms with Crippen molar-refractivity contribution in [2.75, 3.05) is 9.80 Å². The normalized spacial score (nSPS) is 16.5. The highest BCUT2D eigenvalue weighted by molar-refractivity contribution is 5.69. The van der Waals surface area contributed by atoms with Crippen LogP contribution in [0, 0.1) is 13.8 Å². The maximum atomic E-state index is 2.72. The van der Waals surface area contributed by atoms with Crippen molar-refractivity contribution in [3.05, 3.63) is 130 Å². The zero-order valence-corrected chi connectivity index (χ0v) is 21.7. The zero-order valence-electron chi connectivity index (χ0n) is 21.7. The molecule has 3 nitrogen and oxygen atoms in total. The number of anilines is 2. The lowest BCUT2D eigenvalue weighted by atomic mass is 9.95. The highest BCUT2D eigenvalue weighted by atomic mass is 15.5. The highest BCUT2D eigenvalue weighted by Gasteiger charge is 2.44. The summed E-state index contributed by atoms with van der Waals surface area (Å²) in [5, 5.41) is 0. The van der Waals surface area contributed by atoms with Gasteiger partial charge in [-0.05, 0) is 62.1 Å². The first-order valence-corrected chi connectivity index (χ1v) is 13.1. The van der Waals surface area contributed by atoms with Gasteiger partial charge in [0, 0.05) is 36.5 Å². The van der Waals surface area contributed by atoms with Gasteiger partial charge in [-0.2, -0.15) is 0 Å². The van der Waals surface area contributed by atoms with Crippen LogP contribution in [-0.2, 0) is 13.1 Å². The summed E-state index contributed by atoms with van der Waals surface area (Å²) in [6, 6.07) is 36.4. The van der Waals surface area contributed by atoms with Crippen LogP contribution in [0.25, 0.3) is 0 Å². The van der Waals surface area contributed by atoms with Gasteiger partial charge in [0.25, 0.3) is 0 Å². The maximum Gasteiger partial charge on any atom is 0.162 e. The Labute approximate surface area is 215 Å². The lowest BCUT2D eigenvalue weighted by molar-refractivity contribution is 0.0793. The van der Waals surface area contributed by atoms with Crippen LogP contribution in [-0.4, -0.2) is 11.2 Å². The van der Waals surface area contributed by atoms with Crippen LogP contribution >= 0.6 is 0 Å². The fourth-order valence-electron chi connectivity index (χ4n) is 6.22. The predicted octanol–water partition coefficient (Wildman–Crippen LogP) is 7.75. The minimum Gasteiger partial charge on any atom is -0.334 e. The Hall–Kier alpha value is -3.56. The molecule has 4 aromatic carbocycles. The summed E-state index contributed by atoms with van der Waals surface area (Å²) < 4.78 is 0. The van der Waals surface area contributed by atoms with Crippen molar-refractivity contribution in [3.8, 4) is 0 Å². The number of hydrogen-bond donors (Lipinski definition) is 0. The molecule has 2 aliphatic rings. The first kappa shape index (κ1) is 22.9. The molecule has 0 amide bonds. The van der Waals surface area contributed by atoms with Crippen molar-refractivity contribution in [2.24, 2.45) is 0 Å². The van der Waals surface area contributed by atoms with Gasteiger partial charge in [0.15, 0.2) is 6.29 Å². The molecule has 0 aliphatic carbocycles. The second-order valence-corrected chi connectivity index (χ2v) is 10.5. The zero-order chi connectivity index (χ0) is 24.8. The van der Waals surface area contributed by atoms with E-state index in [-0.39, 0.29) is 18.4 Å². The molecular formula is C33H35N3. The molecule has 6 rings (SSSR count). The van der Waals surface area contributed by atoms with Gasteiger partial charge >= 0.3 is 0 Å². The van der Waals surface area contributed by atoms with Crippen molar-refractivity contribution >= 4 is 11.4 Å². The van der Waals surface area contributed by atoms with E-state index in [1.165, 1.54) is 44.8 Å². The third kappa shape index (κ3) is 3.88.